The number of carbonyl (C=O) groups is 1. The molecular formula is C23H18N2O2S. The van der Waals surface area contributed by atoms with Gasteiger partial charge in [-0.15, -0.1) is 0 Å². The minimum absolute atomic E-state index is 0.198. The second-order valence-electron chi connectivity index (χ2n) is 6.11. The predicted octanol–water partition coefficient (Wildman–Crippen LogP) is 5.74. The number of ether oxygens (including phenoxy) is 1. The second kappa shape index (κ2) is 8.06. The van der Waals surface area contributed by atoms with Crippen molar-refractivity contribution in [3.8, 4) is 27.4 Å². The zero-order valence-electron chi connectivity index (χ0n) is 15.3. The lowest BCUT2D eigenvalue weighted by Gasteiger charge is -2.03. The minimum atomic E-state index is -0.198. The largest absolute Gasteiger partial charge is 0.497 e. The van der Waals surface area contributed by atoms with Crippen LogP contribution in [-0.2, 0) is 0 Å². The molecular weight excluding hydrogens is 368 g/mol. The molecule has 1 N–H and O–H groups in total. The van der Waals surface area contributed by atoms with Gasteiger partial charge in [-0.25, -0.2) is 4.98 Å². The fraction of sp³-hybridized carbons (Fsp3) is 0.0435. The van der Waals surface area contributed by atoms with E-state index < -0.39 is 0 Å². The number of nitrogens with zero attached hydrogens (tertiary/aromatic N) is 1. The van der Waals surface area contributed by atoms with Gasteiger partial charge in [-0.2, -0.15) is 0 Å². The molecule has 0 bridgehead atoms. The Labute approximate surface area is 167 Å². The van der Waals surface area contributed by atoms with Crippen LogP contribution in [-0.4, -0.2) is 18.0 Å². The first kappa shape index (κ1) is 17.9. The summed E-state index contributed by atoms with van der Waals surface area (Å²) in [6.07, 6.45) is 0. The van der Waals surface area contributed by atoms with Gasteiger partial charge in [-0.1, -0.05) is 72.0 Å². The second-order valence-corrected chi connectivity index (χ2v) is 7.11. The van der Waals surface area contributed by atoms with E-state index in [2.05, 4.69) is 17.4 Å². The van der Waals surface area contributed by atoms with Gasteiger partial charge in [0, 0.05) is 11.1 Å². The Bertz CT molecular complexity index is 1020. The van der Waals surface area contributed by atoms with Gasteiger partial charge in [0.15, 0.2) is 5.13 Å². The van der Waals surface area contributed by atoms with E-state index in [0.29, 0.717) is 16.4 Å². The van der Waals surface area contributed by atoms with Gasteiger partial charge < -0.3 is 4.74 Å². The molecule has 0 saturated carbocycles. The highest BCUT2D eigenvalue weighted by atomic mass is 32.1. The first-order chi connectivity index (χ1) is 13.7. The van der Waals surface area contributed by atoms with Crippen molar-refractivity contribution in [3.63, 3.8) is 0 Å². The SMILES string of the molecule is COc1ccc(C(=O)Nc2nc(-c3ccccc3)c(-c3ccccc3)s2)cc1. The third-order valence-electron chi connectivity index (χ3n) is 4.28. The Kier molecular flexibility index (Phi) is 5.17. The lowest BCUT2D eigenvalue weighted by molar-refractivity contribution is 0.102. The molecule has 0 fully saturated rings. The topological polar surface area (TPSA) is 51.2 Å². The number of rotatable bonds is 5. The number of aromatic nitrogens is 1. The average Bonchev–Trinajstić information content (AvgIpc) is 3.19. The number of methoxy groups -OCH3 is 1. The monoisotopic (exact) mass is 386 g/mol. The van der Waals surface area contributed by atoms with E-state index in [4.69, 9.17) is 9.72 Å². The van der Waals surface area contributed by atoms with Crippen molar-refractivity contribution < 1.29 is 9.53 Å². The fourth-order valence-corrected chi connectivity index (χ4v) is 3.85. The van der Waals surface area contributed by atoms with E-state index in [1.54, 1.807) is 31.4 Å². The summed E-state index contributed by atoms with van der Waals surface area (Å²) in [5.41, 5.74) is 3.51. The minimum Gasteiger partial charge on any atom is -0.497 e. The number of thiazole rings is 1. The van der Waals surface area contributed by atoms with Crippen LogP contribution in [0.5, 0.6) is 5.75 Å². The summed E-state index contributed by atoms with van der Waals surface area (Å²) in [6, 6.07) is 27.1. The number of benzene rings is 3. The highest BCUT2D eigenvalue weighted by molar-refractivity contribution is 7.19. The van der Waals surface area contributed by atoms with E-state index in [1.807, 2.05) is 48.5 Å². The summed E-state index contributed by atoms with van der Waals surface area (Å²) in [5.74, 6) is 0.513. The van der Waals surface area contributed by atoms with E-state index in [0.717, 1.165) is 21.7 Å². The molecule has 1 aromatic heterocycles. The molecule has 0 aliphatic carbocycles. The van der Waals surface area contributed by atoms with Crippen LogP contribution in [0, 0.1) is 0 Å². The first-order valence-corrected chi connectivity index (χ1v) is 9.63. The lowest BCUT2D eigenvalue weighted by atomic mass is 10.1. The van der Waals surface area contributed by atoms with Crippen molar-refractivity contribution in [2.45, 2.75) is 0 Å². The van der Waals surface area contributed by atoms with Crippen LogP contribution in [0.3, 0.4) is 0 Å². The molecule has 138 valence electrons. The summed E-state index contributed by atoms with van der Waals surface area (Å²) in [5, 5.41) is 3.49. The van der Waals surface area contributed by atoms with Crippen LogP contribution >= 0.6 is 11.3 Å². The van der Waals surface area contributed by atoms with Crippen molar-refractivity contribution >= 4 is 22.4 Å². The molecule has 5 heteroatoms. The van der Waals surface area contributed by atoms with Crippen LogP contribution in [0.2, 0.25) is 0 Å². The normalized spacial score (nSPS) is 10.5. The molecule has 0 atom stereocenters. The van der Waals surface area contributed by atoms with Gasteiger partial charge in [0.05, 0.1) is 17.7 Å². The molecule has 0 aliphatic rings. The molecule has 4 nitrogen and oxygen atoms in total. The molecule has 0 aliphatic heterocycles. The number of hydrogen-bond donors (Lipinski definition) is 1. The molecule has 0 radical (unpaired) electrons. The van der Waals surface area contributed by atoms with Crippen LogP contribution in [0.25, 0.3) is 21.7 Å². The summed E-state index contributed by atoms with van der Waals surface area (Å²) in [6.45, 7) is 0. The molecule has 0 spiro atoms. The number of nitrogens with one attached hydrogen (secondary N) is 1. The molecule has 4 rings (SSSR count). The van der Waals surface area contributed by atoms with E-state index in [-0.39, 0.29) is 5.91 Å². The molecule has 1 heterocycles. The first-order valence-electron chi connectivity index (χ1n) is 8.81. The van der Waals surface area contributed by atoms with E-state index in [9.17, 15) is 4.79 Å². The van der Waals surface area contributed by atoms with Crippen molar-refractivity contribution in [2.75, 3.05) is 12.4 Å². The van der Waals surface area contributed by atoms with Gasteiger partial charge in [0.25, 0.3) is 5.91 Å². The maximum Gasteiger partial charge on any atom is 0.257 e. The number of hydrogen-bond acceptors (Lipinski definition) is 4. The Morgan fingerprint density at radius 2 is 1.46 bits per heavy atom. The highest BCUT2D eigenvalue weighted by Crippen LogP contribution is 2.39. The van der Waals surface area contributed by atoms with Crippen LogP contribution in [0.1, 0.15) is 10.4 Å². The summed E-state index contributed by atoms with van der Waals surface area (Å²) < 4.78 is 5.14. The standard InChI is InChI=1S/C23H18N2O2S/c1-27-19-14-12-18(13-15-19)22(26)25-23-24-20(16-8-4-2-5-9-16)21(28-23)17-10-6-3-7-11-17/h2-15H,1H3,(H,24,25,26). The average molecular weight is 386 g/mol. The summed E-state index contributed by atoms with van der Waals surface area (Å²) in [4.78, 5) is 18.4. The van der Waals surface area contributed by atoms with Crippen LogP contribution < -0.4 is 10.1 Å². The third kappa shape index (κ3) is 3.80. The number of amides is 1. The van der Waals surface area contributed by atoms with Gasteiger partial charge in [-0.3, -0.25) is 10.1 Å². The zero-order valence-corrected chi connectivity index (χ0v) is 16.1. The Morgan fingerprint density at radius 1 is 0.857 bits per heavy atom. The fourth-order valence-electron chi connectivity index (χ4n) is 2.86. The van der Waals surface area contributed by atoms with Gasteiger partial charge >= 0.3 is 0 Å². The molecule has 0 unspecified atom stereocenters. The predicted molar refractivity (Wildman–Crippen MR) is 114 cm³/mol. The number of carbonyl (C=O) groups excluding carboxylic acids is 1. The van der Waals surface area contributed by atoms with Crippen molar-refractivity contribution in [3.05, 3.63) is 90.5 Å². The molecule has 0 saturated heterocycles. The maximum atomic E-state index is 12.6. The molecule has 4 aromatic rings. The van der Waals surface area contributed by atoms with Gasteiger partial charge in [0.2, 0.25) is 0 Å². The zero-order chi connectivity index (χ0) is 19.3. The van der Waals surface area contributed by atoms with Crippen LogP contribution in [0.15, 0.2) is 84.9 Å². The molecule has 28 heavy (non-hydrogen) atoms. The van der Waals surface area contributed by atoms with Crippen LogP contribution in [0.4, 0.5) is 5.13 Å². The third-order valence-corrected chi connectivity index (χ3v) is 5.30. The Morgan fingerprint density at radius 3 is 2.07 bits per heavy atom. The molecule has 3 aromatic carbocycles. The quantitative estimate of drug-likeness (QED) is 0.476. The summed E-state index contributed by atoms with van der Waals surface area (Å²) in [7, 11) is 1.60. The Hall–Kier alpha value is -3.44. The maximum absolute atomic E-state index is 12.6. The van der Waals surface area contributed by atoms with E-state index >= 15 is 0 Å². The van der Waals surface area contributed by atoms with Gasteiger partial charge in [-0.05, 0) is 29.8 Å². The number of anilines is 1. The van der Waals surface area contributed by atoms with E-state index in [1.165, 1.54) is 11.3 Å². The van der Waals surface area contributed by atoms with Gasteiger partial charge in [0.1, 0.15) is 5.75 Å². The molecule has 1 amide bonds. The lowest BCUT2D eigenvalue weighted by Crippen LogP contribution is -2.11. The van der Waals surface area contributed by atoms with Crippen molar-refractivity contribution in [2.24, 2.45) is 0 Å². The van der Waals surface area contributed by atoms with Crippen molar-refractivity contribution in [1.82, 2.24) is 4.98 Å². The van der Waals surface area contributed by atoms with Crippen molar-refractivity contribution in [1.29, 1.82) is 0 Å². The Balaban J connectivity index is 1.68. The summed E-state index contributed by atoms with van der Waals surface area (Å²) >= 11 is 1.47. The highest BCUT2D eigenvalue weighted by Gasteiger charge is 2.17. The smallest absolute Gasteiger partial charge is 0.257 e.